The van der Waals surface area contributed by atoms with Crippen LogP contribution in [-0.2, 0) is 31.8 Å². The standard InChI is InChI=1S/C33H48O16S/c1-32(14-35)29(43)26(40)28(42)31(49-32)46-13-18(8-16-4-6-19(36)21(9-16)44-2)33(50,11-17-5-7-20(37)22(10-17)45-3)15-47-30-27(41)25(39)24(38)23(12-34)48-30/h4-7,9-10,18,23-31,34-43,50H,8,11-15H2,1-3H3. The second-order valence-electron chi connectivity index (χ2n) is 12.9. The molecule has 0 aliphatic carbocycles. The van der Waals surface area contributed by atoms with E-state index in [0.29, 0.717) is 11.1 Å². The average molecular weight is 733 g/mol. The van der Waals surface area contributed by atoms with E-state index < -0.39 is 84.8 Å². The molecule has 12 unspecified atom stereocenters. The van der Waals surface area contributed by atoms with Crippen LogP contribution in [0.4, 0.5) is 0 Å². The summed E-state index contributed by atoms with van der Waals surface area (Å²) in [5.41, 5.74) is -0.458. The van der Waals surface area contributed by atoms with Crippen molar-refractivity contribution in [3.63, 3.8) is 0 Å². The first-order valence-electron chi connectivity index (χ1n) is 15.9. The van der Waals surface area contributed by atoms with Gasteiger partial charge in [0.2, 0.25) is 0 Å². The van der Waals surface area contributed by atoms with E-state index >= 15 is 0 Å². The summed E-state index contributed by atoms with van der Waals surface area (Å²) in [5.74, 6) is -0.637. The zero-order valence-corrected chi connectivity index (χ0v) is 28.7. The fourth-order valence-electron chi connectivity index (χ4n) is 6.06. The quantitative estimate of drug-likeness (QED) is 0.0904. The predicted molar refractivity (Wildman–Crippen MR) is 176 cm³/mol. The van der Waals surface area contributed by atoms with E-state index in [1.54, 1.807) is 24.3 Å². The third-order valence-corrected chi connectivity index (χ3v) is 9.98. The number of rotatable bonds is 15. The van der Waals surface area contributed by atoms with Gasteiger partial charge < -0.3 is 79.5 Å². The zero-order chi connectivity index (χ0) is 37.0. The third-order valence-electron chi connectivity index (χ3n) is 9.33. The number of aliphatic hydroxyl groups excluding tert-OH is 8. The monoisotopic (exact) mass is 732 g/mol. The first-order valence-corrected chi connectivity index (χ1v) is 16.4. The molecule has 2 aliphatic rings. The fourth-order valence-corrected chi connectivity index (χ4v) is 6.48. The Balaban J connectivity index is 1.73. The van der Waals surface area contributed by atoms with Crippen molar-refractivity contribution in [2.45, 2.75) is 85.4 Å². The molecule has 17 heteroatoms. The van der Waals surface area contributed by atoms with Gasteiger partial charge in [0.25, 0.3) is 0 Å². The topological polar surface area (TPSA) is 258 Å². The summed E-state index contributed by atoms with van der Waals surface area (Å²) in [6, 6.07) is 9.28. The summed E-state index contributed by atoms with van der Waals surface area (Å²) in [4.78, 5) is 0. The molecular weight excluding hydrogens is 684 g/mol. The maximum absolute atomic E-state index is 10.8. The SMILES string of the molecule is COc1cc(CC(COC2OC(C)(CO)C(O)C(O)C2O)C(S)(COC2OC(CO)C(O)C(O)C2O)Cc2ccc(O)c(OC)c2)ccc1O. The molecule has 0 bridgehead atoms. The van der Waals surface area contributed by atoms with Crippen molar-refractivity contribution < 1.29 is 79.5 Å². The molecule has 2 aromatic carbocycles. The molecule has 0 saturated carbocycles. The number of phenols is 2. The number of thiol groups is 1. The number of phenolic OH excluding ortho intramolecular Hbond substituents is 2. The van der Waals surface area contributed by atoms with Crippen LogP contribution < -0.4 is 9.47 Å². The highest BCUT2D eigenvalue weighted by atomic mass is 32.1. The van der Waals surface area contributed by atoms with E-state index in [9.17, 15) is 51.1 Å². The van der Waals surface area contributed by atoms with Gasteiger partial charge in [-0.15, -0.1) is 0 Å². The third kappa shape index (κ3) is 8.75. The van der Waals surface area contributed by atoms with Crippen molar-refractivity contribution in [3.05, 3.63) is 47.5 Å². The van der Waals surface area contributed by atoms with Gasteiger partial charge in [-0.3, -0.25) is 0 Å². The van der Waals surface area contributed by atoms with Crippen molar-refractivity contribution in [1.29, 1.82) is 0 Å². The smallest absolute Gasteiger partial charge is 0.186 e. The number of ether oxygens (including phenoxy) is 6. The molecule has 0 amide bonds. The minimum atomic E-state index is -1.73. The van der Waals surface area contributed by atoms with Crippen LogP contribution in [0.3, 0.4) is 0 Å². The van der Waals surface area contributed by atoms with Crippen molar-refractivity contribution >= 4 is 12.6 Å². The van der Waals surface area contributed by atoms with Crippen LogP contribution in [0.25, 0.3) is 0 Å². The van der Waals surface area contributed by atoms with Crippen LogP contribution in [0.2, 0.25) is 0 Å². The predicted octanol–water partition coefficient (Wildman–Crippen LogP) is -1.79. The van der Waals surface area contributed by atoms with Crippen LogP contribution in [-0.4, -0.2) is 157 Å². The summed E-state index contributed by atoms with van der Waals surface area (Å²) in [7, 11) is 2.76. The molecule has 12 atom stereocenters. The number of aliphatic hydroxyl groups is 8. The number of hydrogen-bond acceptors (Lipinski definition) is 17. The molecule has 2 aliphatic heterocycles. The summed E-state index contributed by atoms with van der Waals surface area (Å²) in [6.45, 7) is -0.652. The highest BCUT2D eigenvalue weighted by Gasteiger charge is 2.52. The lowest BCUT2D eigenvalue weighted by Crippen LogP contribution is -2.65. The van der Waals surface area contributed by atoms with Crippen molar-refractivity contribution in [2.75, 3.05) is 40.6 Å². The molecule has 2 heterocycles. The lowest BCUT2D eigenvalue weighted by Gasteiger charge is -2.47. The van der Waals surface area contributed by atoms with Gasteiger partial charge in [0.05, 0.1) is 40.6 Å². The highest BCUT2D eigenvalue weighted by molar-refractivity contribution is 7.81. The summed E-state index contributed by atoms with van der Waals surface area (Å²) in [5, 5.41) is 103. The van der Waals surface area contributed by atoms with Crippen LogP contribution in [0.5, 0.6) is 23.0 Å². The fraction of sp³-hybridized carbons (Fsp3) is 0.636. The van der Waals surface area contributed by atoms with Crippen molar-refractivity contribution in [2.24, 2.45) is 5.92 Å². The normalized spacial score (nSPS) is 33.4. The van der Waals surface area contributed by atoms with Crippen molar-refractivity contribution in [1.82, 2.24) is 0 Å². The maximum atomic E-state index is 10.8. The van der Waals surface area contributed by atoms with Crippen molar-refractivity contribution in [3.8, 4) is 23.0 Å². The van der Waals surface area contributed by atoms with E-state index in [1.807, 2.05) is 0 Å². The first-order chi connectivity index (χ1) is 23.6. The van der Waals surface area contributed by atoms with Gasteiger partial charge in [0.1, 0.15) is 48.3 Å². The maximum Gasteiger partial charge on any atom is 0.186 e. The van der Waals surface area contributed by atoms with Gasteiger partial charge in [-0.2, -0.15) is 12.6 Å². The van der Waals surface area contributed by atoms with Gasteiger partial charge in [-0.05, 0) is 55.2 Å². The zero-order valence-electron chi connectivity index (χ0n) is 27.8. The van der Waals surface area contributed by atoms with Crippen LogP contribution in [0, 0.1) is 5.92 Å². The Labute approximate surface area is 294 Å². The highest BCUT2D eigenvalue weighted by Crippen LogP contribution is 2.39. The molecule has 282 valence electrons. The van der Waals surface area contributed by atoms with Crippen LogP contribution in [0.15, 0.2) is 36.4 Å². The minimum absolute atomic E-state index is 0.0667. The molecule has 16 nitrogen and oxygen atoms in total. The van der Waals surface area contributed by atoms with Gasteiger partial charge >= 0.3 is 0 Å². The van der Waals surface area contributed by atoms with Gasteiger partial charge in [0.15, 0.2) is 35.6 Å². The van der Waals surface area contributed by atoms with E-state index in [4.69, 9.17) is 41.0 Å². The van der Waals surface area contributed by atoms with E-state index in [1.165, 1.54) is 33.3 Å². The molecule has 2 saturated heterocycles. The molecule has 4 rings (SSSR count). The van der Waals surface area contributed by atoms with Gasteiger partial charge in [0, 0.05) is 10.7 Å². The number of aromatic hydroxyl groups is 2. The molecule has 10 N–H and O–H groups in total. The van der Waals surface area contributed by atoms with Crippen LogP contribution >= 0.6 is 12.6 Å². The number of benzene rings is 2. The first kappa shape index (κ1) is 40.3. The molecule has 0 aromatic heterocycles. The Kier molecular flexibility index (Phi) is 13.6. The Morgan fingerprint density at radius 1 is 0.800 bits per heavy atom. The van der Waals surface area contributed by atoms with Gasteiger partial charge in [-0.25, -0.2) is 0 Å². The molecule has 2 aromatic rings. The summed E-state index contributed by atoms with van der Waals surface area (Å²) < 4.78 is 32.7. The molecule has 2 fully saturated rings. The molecule has 0 spiro atoms. The van der Waals surface area contributed by atoms with E-state index in [-0.39, 0.29) is 49.1 Å². The van der Waals surface area contributed by atoms with E-state index in [2.05, 4.69) is 0 Å². The van der Waals surface area contributed by atoms with Crippen LogP contribution in [0.1, 0.15) is 18.1 Å². The van der Waals surface area contributed by atoms with E-state index in [0.717, 1.165) is 0 Å². The van der Waals surface area contributed by atoms with Gasteiger partial charge in [-0.1, -0.05) is 12.1 Å². The average Bonchev–Trinajstić information content (AvgIpc) is 3.11. The summed E-state index contributed by atoms with van der Waals surface area (Å²) >= 11 is 5.11. The Hall–Kier alpha value is -2.49. The lowest BCUT2D eigenvalue weighted by atomic mass is 9.82. The molecule has 50 heavy (non-hydrogen) atoms. The lowest BCUT2D eigenvalue weighted by molar-refractivity contribution is -0.335. The Bertz CT molecular complexity index is 1400. The molecule has 0 radical (unpaired) electrons. The second kappa shape index (κ2) is 16.9. The Morgan fingerprint density at radius 3 is 1.96 bits per heavy atom. The summed E-state index contributed by atoms with van der Waals surface area (Å²) in [6.07, 6.45) is -14.2. The number of methoxy groups -OCH3 is 2. The molecular formula is C33H48O16S. The largest absolute Gasteiger partial charge is 0.504 e. The Morgan fingerprint density at radius 2 is 1.38 bits per heavy atom. The second-order valence-corrected chi connectivity index (χ2v) is 13.8. The minimum Gasteiger partial charge on any atom is -0.504 e. The number of hydrogen-bond donors (Lipinski definition) is 11.